The van der Waals surface area contributed by atoms with Crippen LogP contribution in [0.15, 0.2) is 0 Å². The molecule has 0 radical (unpaired) electrons. The number of alkyl halides is 3. The molecule has 20 heavy (non-hydrogen) atoms. The van der Waals surface area contributed by atoms with Crippen molar-refractivity contribution in [1.82, 2.24) is 5.32 Å². The molecule has 0 aromatic carbocycles. The molecular formula is C15H26F3NO. The summed E-state index contributed by atoms with van der Waals surface area (Å²) in [5, 5.41) is 3.24. The van der Waals surface area contributed by atoms with E-state index >= 15 is 0 Å². The molecule has 0 amide bonds. The maximum Gasteiger partial charge on any atom is 0.391 e. The third-order valence-electron chi connectivity index (χ3n) is 4.94. The van der Waals surface area contributed by atoms with Crippen molar-refractivity contribution in [2.45, 2.75) is 69.7 Å². The van der Waals surface area contributed by atoms with Gasteiger partial charge < -0.3 is 10.1 Å². The average Bonchev–Trinajstić information content (AvgIpc) is 2.92. The van der Waals surface area contributed by atoms with Gasteiger partial charge >= 0.3 is 6.18 Å². The van der Waals surface area contributed by atoms with Crippen LogP contribution in [0.4, 0.5) is 13.2 Å². The van der Waals surface area contributed by atoms with Gasteiger partial charge in [0.2, 0.25) is 0 Å². The van der Waals surface area contributed by atoms with Gasteiger partial charge in [0.05, 0.1) is 12.0 Å². The molecule has 0 spiro atoms. The molecule has 4 atom stereocenters. The number of halogens is 3. The van der Waals surface area contributed by atoms with Crippen molar-refractivity contribution >= 4 is 0 Å². The number of hydrogen-bond donors (Lipinski definition) is 1. The van der Waals surface area contributed by atoms with Crippen molar-refractivity contribution < 1.29 is 17.9 Å². The van der Waals surface area contributed by atoms with E-state index in [4.69, 9.17) is 4.74 Å². The fraction of sp³-hybridized carbons (Fsp3) is 1.00. The topological polar surface area (TPSA) is 21.3 Å². The highest BCUT2D eigenvalue weighted by atomic mass is 19.4. The van der Waals surface area contributed by atoms with Gasteiger partial charge in [0, 0.05) is 12.6 Å². The number of hydrogen-bond acceptors (Lipinski definition) is 2. The summed E-state index contributed by atoms with van der Waals surface area (Å²) in [6.45, 7) is 0.842. The monoisotopic (exact) mass is 293 g/mol. The first-order valence-corrected chi connectivity index (χ1v) is 7.86. The van der Waals surface area contributed by atoms with Gasteiger partial charge in [-0.3, -0.25) is 0 Å². The molecule has 2 nitrogen and oxygen atoms in total. The van der Waals surface area contributed by atoms with Gasteiger partial charge in [-0.1, -0.05) is 6.42 Å². The highest BCUT2D eigenvalue weighted by molar-refractivity contribution is 4.85. The molecule has 118 valence electrons. The smallest absolute Gasteiger partial charge is 0.378 e. The second-order valence-electron chi connectivity index (χ2n) is 6.27. The third kappa shape index (κ3) is 4.35. The summed E-state index contributed by atoms with van der Waals surface area (Å²) in [7, 11) is 1.87. The van der Waals surface area contributed by atoms with Crippen LogP contribution in [0.1, 0.15) is 51.4 Å². The lowest BCUT2D eigenvalue weighted by Gasteiger charge is -2.35. The maximum atomic E-state index is 12.9. The van der Waals surface area contributed by atoms with Gasteiger partial charge in [0.25, 0.3) is 0 Å². The highest BCUT2D eigenvalue weighted by Gasteiger charge is 2.43. The quantitative estimate of drug-likeness (QED) is 0.830. The molecule has 2 fully saturated rings. The Morgan fingerprint density at radius 1 is 1.20 bits per heavy atom. The molecule has 1 aliphatic carbocycles. The van der Waals surface area contributed by atoms with Crippen LogP contribution in [0.25, 0.3) is 0 Å². The van der Waals surface area contributed by atoms with Crippen LogP contribution in [0.3, 0.4) is 0 Å². The van der Waals surface area contributed by atoms with Gasteiger partial charge in [-0.2, -0.15) is 13.2 Å². The fourth-order valence-corrected chi connectivity index (χ4v) is 3.74. The Bertz CT molecular complexity index is 289. The second-order valence-corrected chi connectivity index (χ2v) is 6.27. The van der Waals surface area contributed by atoms with E-state index in [-0.39, 0.29) is 12.0 Å². The molecule has 0 aromatic rings. The van der Waals surface area contributed by atoms with Crippen LogP contribution in [-0.4, -0.2) is 32.0 Å². The van der Waals surface area contributed by atoms with Gasteiger partial charge in [-0.25, -0.2) is 0 Å². The van der Waals surface area contributed by atoms with E-state index in [1.165, 1.54) is 0 Å². The lowest BCUT2D eigenvalue weighted by molar-refractivity contribution is -0.186. The number of ether oxygens (including phenoxy) is 1. The van der Waals surface area contributed by atoms with Crippen molar-refractivity contribution in [3.05, 3.63) is 0 Å². The zero-order valence-corrected chi connectivity index (χ0v) is 12.2. The lowest BCUT2D eigenvalue weighted by atomic mass is 9.76. The van der Waals surface area contributed by atoms with Crippen molar-refractivity contribution in [2.24, 2.45) is 11.8 Å². The Morgan fingerprint density at radius 2 is 2.00 bits per heavy atom. The first kappa shape index (κ1) is 16.1. The van der Waals surface area contributed by atoms with Crippen LogP contribution in [0.5, 0.6) is 0 Å². The summed E-state index contributed by atoms with van der Waals surface area (Å²) in [4.78, 5) is 0. The van der Waals surface area contributed by atoms with Gasteiger partial charge in [-0.15, -0.1) is 0 Å². The molecule has 1 saturated heterocycles. The largest absolute Gasteiger partial charge is 0.391 e. The summed E-state index contributed by atoms with van der Waals surface area (Å²) >= 11 is 0. The Morgan fingerprint density at radius 3 is 2.60 bits per heavy atom. The maximum absolute atomic E-state index is 12.9. The van der Waals surface area contributed by atoms with Gasteiger partial charge in [-0.05, 0) is 57.9 Å². The minimum Gasteiger partial charge on any atom is -0.378 e. The van der Waals surface area contributed by atoms with Crippen LogP contribution >= 0.6 is 0 Å². The minimum atomic E-state index is -4.02. The van der Waals surface area contributed by atoms with E-state index in [9.17, 15) is 13.2 Å². The van der Waals surface area contributed by atoms with E-state index in [0.717, 1.165) is 38.7 Å². The Balaban J connectivity index is 1.83. The van der Waals surface area contributed by atoms with E-state index < -0.39 is 12.1 Å². The first-order valence-electron chi connectivity index (χ1n) is 7.86. The highest BCUT2D eigenvalue weighted by Crippen LogP contribution is 2.41. The molecule has 4 unspecified atom stereocenters. The molecule has 5 heteroatoms. The Kier molecular flexibility index (Phi) is 5.73. The van der Waals surface area contributed by atoms with Gasteiger partial charge in [0.15, 0.2) is 0 Å². The molecule has 1 heterocycles. The van der Waals surface area contributed by atoms with E-state index in [1.807, 2.05) is 7.05 Å². The standard InChI is InChI=1S/C15H26F3NO/c1-19-14(8-7-13-6-3-9-20-13)11-4-2-5-12(10-11)15(16,17)18/h11-14,19H,2-10H2,1H3. The number of rotatable bonds is 5. The second kappa shape index (κ2) is 7.12. The predicted molar refractivity (Wildman–Crippen MR) is 72.6 cm³/mol. The first-order chi connectivity index (χ1) is 9.50. The van der Waals surface area contributed by atoms with Crippen LogP contribution in [-0.2, 0) is 4.74 Å². The van der Waals surface area contributed by atoms with Crippen LogP contribution in [0, 0.1) is 11.8 Å². The zero-order valence-electron chi connectivity index (χ0n) is 12.2. The molecule has 0 bridgehead atoms. The van der Waals surface area contributed by atoms with E-state index in [1.54, 1.807) is 0 Å². The van der Waals surface area contributed by atoms with Crippen molar-refractivity contribution in [1.29, 1.82) is 0 Å². The van der Waals surface area contributed by atoms with Crippen LogP contribution < -0.4 is 5.32 Å². The predicted octanol–water partition coefficient (Wildman–Crippen LogP) is 3.90. The van der Waals surface area contributed by atoms with Crippen LogP contribution in [0.2, 0.25) is 0 Å². The van der Waals surface area contributed by atoms with E-state index in [2.05, 4.69) is 5.32 Å². The van der Waals surface area contributed by atoms with Crippen molar-refractivity contribution in [3.8, 4) is 0 Å². The summed E-state index contributed by atoms with van der Waals surface area (Å²) in [5.74, 6) is -0.943. The third-order valence-corrected chi connectivity index (χ3v) is 4.94. The summed E-state index contributed by atoms with van der Waals surface area (Å²) in [6.07, 6.45) is 2.65. The molecule has 2 rings (SSSR count). The molecule has 2 aliphatic rings. The normalized spacial score (nSPS) is 33.3. The zero-order chi connectivity index (χ0) is 14.6. The summed E-state index contributed by atoms with van der Waals surface area (Å²) in [6, 6.07) is 0.198. The Labute approximate surface area is 119 Å². The minimum absolute atomic E-state index is 0.154. The number of nitrogens with one attached hydrogen (secondary N) is 1. The lowest BCUT2D eigenvalue weighted by Crippen LogP contribution is -2.39. The summed E-state index contributed by atoms with van der Waals surface area (Å²) < 4.78 is 44.2. The van der Waals surface area contributed by atoms with Crippen molar-refractivity contribution in [2.75, 3.05) is 13.7 Å². The molecule has 1 N–H and O–H groups in total. The van der Waals surface area contributed by atoms with Crippen molar-refractivity contribution in [3.63, 3.8) is 0 Å². The molecule has 1 aliphatic heterocycles. The molecule has 1 saturated carbocycles. The average molecular weight is 293 g/mol. The molecular weight excluding hydrogens is 267 g/mol. The Hall–Kier alpha value is -0.290. The fourth-order valence-electron chi connectivity index (χ4n) is 3.74. The SMILES string of the molecule is CNC(CCC1CCCO1)C1CCCC(C(F)(F)F)C1. The molecule has 0 aromatic heterocycles. The van der Waals surface area contributed by atoms with Gasteiger partial charge in [0.1, 0.15) is 0 Å². The van der Waals surface area contributed by atoms with E-state index in [0.29, 0.717) is 25.4 Å². The summed E-state index contributed by atoms with van der Waals surface area (Å²) in [5.41, 5.74) is 0.